The van der Waals surface area contributed by atoms with Gasteiger partial charge in [-0.3, -0.25) is 9.69 Å². The van der Waals surface area contributed by atoms with E-state index in [9.17, 15) is 13.6 Å². The van der Waals surface area contributed by atoms with Crippen molar-refractivity contribution in [3.8, 4) is 0 Å². The van der Waals surface area contributed by atoms with E-state index < -0.39 is 18.3 Å². The van der Waals surface area contributed by atoms with Crippen LogP contribution in [0.25, 0.3) is 0 Å². The third-order valence-corrected chi connectivity index (χ3v) is 1.93. The summed E-state index contributed by atoms with van der Waals surface area (Å²) >= 11 is 0. The molecule has 1 saturated heterocycles. The van der Waals surface area contributed by atoms with Crippen LogP contribution >= 0.6 is 0 Å². The Kier molecular flexibility index (Phi) is 2.23. The maximum atomic E-state index is 12.6. The minimum Gasteiger partial charge on any atom is -0.297 e. The van der Waals surface area contributed by atoms with Crippen molar-refractivity contribution in [1.29, 1.82) is 0 Å². The Morgan fingerprint density at radius 3 is 2.73 bits per heavy atom. The largest absolute Gasteiger partial charge is 0.317 e. The summed E-state index contributed by atoms with van der Waals surface area (Å²) in [5, 5.41) is 0. The van der Waals surface area contributed by atoms with Crippen LogP contribution in [0.3, 0.4) is 0 Å². The van der Waals surface area contributed by atoms with Crippen LogP contribution in [0.4, 0.5) is 8.78 Å². The van der Waals surface area contributed by atoms with E-state index in [2.05, 4.69) is 0 Å². The highest BCUT2D eigenvalue weighted by Gasteiger charge is 2.42. The molecule has 1 rings (SSSR count). The summed E-state index contributed by atoms with van der Waals surface area (Å²) in [7, 11) is 0. The second-order valence-corrected chi connectivity index (χ2v) is 2.75. The zero-order chi connectivity index (χ0) is 8.48. The van der Waals surface area contributed by atoms with Gasteiger partial charge in [-0.25, -0.2) is 0 Å². The van der Waals surface area contributed by atoms with E-state index in [1.54, 1.807) is 4.90 Å². The van der Waals surface area contributed by atoms with Crippen molar-refractivity contribution in [3.63, 3.8) is 0 Å². The molecule has 0 bridgehead atoms. The summed E-state index contributed by atoms with van der Waals surface area (Å²) in [6.07, 6.45) is -0.0131. The van der Waals surface area contributed by atoms with E-state index in [0.29, 0.717) is 13.1 Å². The highest BCUT2D eigenvalue weighted by Crippen LogP contribution is 2.22. The molecule has 0 aromatic rings. The van der Waals surface area contributed by atoms with Crippen molar-refractivity contribution in [2.24, 2.45) is 0 Å². The maximum Gasteiger partial charge on any atom is 0.317 e. The summed E-state index contributed by atoms with van der Waals surface area (Å²) in [6.45, 7) is 2.47. The van der Waals surface area contributed by atoms with E-state index in [0.717, 1.165) is 0 Å². The summed E-state index contributed by atoms with van der Waals surface area (Å²) in [6, 6.07) is 0. The van der Waals surface area contributed by atoms with E-state index >= 15 is 0 Å². The molecule has 4 heteroatoms. The molecule has 0 atom stereocenters. The molecule has 0 radical (unpaired) electrons. The van der Waals surface area contributed by atoms with Gasteiger partial charge in [0.25, 0.3) is 0 Å². The predicted molar refractivity (Wildman–Crippen MR) is 36.7 cm³/mol. The molecule has 0 unspecified atom stereocenters. The Bertz CT molecular complexity index is 170. The molecule has 1 fully saturated rings. The van der Waals surface area contributed by atoms with Crippen LogP contribution in [-0.2, 0) is 4.79 Å². The number of alkyl halides is 2. The summed E-state index contributed by atoms with van der Waals surface area (Å²) in [5.41, 5.74) is 0. The lowest BCUT2D eigenvalue weighted by Crippen LogP contribution is -2.48. The molecule has 11 heavy (non-hydrogen) atoms. The molecule has 1 aliphatic rings. The smallest absolute Gasteiger partial charge is 0.297 e. The van der Waals surface area contributed by atoms with Crippen LogP contribution < -0.4 is 0 Å². The number of hydrogen-bond donors (Lipinski definition) is 0. The Labute approximate surface area is 64.2 Å². The van der Waals surface area contributed by atoms with Gasteiger partial charge in [-0.05, 0) is 6.54 Å². The number of nitrogens with zero attached hydrogens (tertiary/aromatic N) is 1. The Balaban J connectivity index is 2.59. The molecule has 0 aromatic heterocycles. The van der Waals surface area contributed by atoms with Gasteiger partial charge in [0.1, 0.15) is 0 Å². The lowest BCUT2D eigenvalue weighted by atomic mass is 10.1. The number of ketones is 1. The number of carbonyl (C=O) groups is 1. The third-order valence-electron chi connectivity index (χ3n) is 1.93. The average Bonchev–Trinajstić information content (AvgIpc) is 1.95. The first kappa shape index (κ1) is 8.59. The fourth-order valence-corrected chi connectivity index (χ4v) is 1.16. The molecular weight excluding hydrogens is 152 g/mol. The van der Waals surface area contributed by atoms with Crippen molar-refractivity contribution < 1.29 is 13.6 Å². The Morgan fingerprint density at radius 1 is 1.64 bits per heavy atom. The standard InChI is InChI=1S/C7H11F2NO/c1-2-10-4-3-6(11)7(8,9)5-10/h2-5H2,1H3. The molecule has 1 heterocycles. The van der Waals surface area contributed by atoms with Crippen molar-refractivity contribution >= 4 is 5.78 Å². The molecule has 0 aromatic carbocycles. The number of piperidine rings is 1. The van der Waals surface area contributed by atoms with Gasteiger partial charge in [-0.15, -0.1) is 0 Å². The minimum absolute atomic E-state index is 0.0131. The van der Waals surface area contributed by atoms with Gasteiger partial charge in [0.05, 0.1) is 6.54 Å². The number of halogens is 2. The number of likely N-dealkylation sites (tertiary alicyclic amines) is 1. The Hall–Kier alpha value is -0.510. The molecular formula is C7H11F2NO. The highest BCUT2D eigenvalue weighted by molar-refractivity contribution is 5.86. The first-order valence-corrected chi connectivity index (χ1v) is 3.69. The quantitative estimate of drug-likeness (QED) is 0.572. The molecule has 0 N–H and O–H groups in total. The second kappa shape index (κ2) is 2.85. The SMILES string of the molecule is CCN1CCC(=O)C(F)(F)C1. The van der Waals surface area contributed by atoms with Crippen LogP contribution in [0.5, 0.6) is 0 Å². The fraction of sp³-hybridized carbons (Fsp3) is 0.857. The van der Waals surface area contributed by atoms with E-state index in [4.69, 9.17) is 0 Å². The molecule has 0 amide bonds. The number of Topliss-reactive ketones (excluding diaryl/α,β-unsaturated/α-hetero) is 1. The van der Waals surface area contributed by atoms with E-state index in [1.807, 2.05) is 6.92 Å². The third kappa shape index (κ3) is 1.74. The normalized spacial score (nSPS) is 25.5. The Morgan fingerprint density at radius 2 is 2.27 bits per heavy atom. The molecule has 1 aliphatic heterocycles. The highest BCUT2D eigenvalue weighted by atomic mass is 19.3. The van der Waals surface area contributed by atoms with Gasteiger partial charge in [0.2, 0.25) is 5.78 Å². The van der Waals surface area contributed by atoms with Gasteiger partial charge in [0.15, 0.2) is 0 Å². The van der Waals surface area contributed by atoms with Gasteiger partial charge < -0.3 is 0 Å². The zero-order valence-corrected chi connectivity index (χ0v) is 6.44. The maximum absolute atomic E-state index is 12.6. The number of rotatable bonds is 1. The minimum atomic E-state index is -3.10. The van der Waals surface area contributed by atoms with Gasteiger partial charge in [-0.1, -0.05) is 6.92 Å². The van der Waals surface area contributed by atoms with Crippen LogP contribution in [0.2, 0.25) is 0 Å². The van der Waals surface area contributed by atoms with Gasteiger partial charge >= 0.3 is 5.92 Å². The van der Waals surface area contributed by atoms with Crippen LogP contribution in [0.1, 0.15) is 13.3 Å². The zero-order valence-electron chi connectivity index (χ0n) is 6.44. The first-order chi connectivity index (χ1) is 5.06. The molecule has 0 saturated carbocycles. The van der Waals surface area contributed by atoms with E-state index in [-0.39, 0.29) is 6.42 Å². The fourth-order valence-electron chi connectivity index (χ4n) is 1.16. The van der Waals surface area contributed by atoms with E-state index in [1.165, 1.54) is 0 Å². The van der Waals surface area contributed by atoms with Crippen LogP contribution in [-0.4, -0.2) is 36.2 Å². The predicted octanol–water partition coefficient (Wildman–Crippen LogP) is 0.916. The molecule has 0 spiro atoms. The van der Waals surface area contributed by atoms with Gasteiger partial charge in [-0.2, -0.15) is 8.78 Å². The van der Waals surface area contributed by atoms with Gasteiger partial charge in [0, 0.05) is 13.0 Å². The number of carbonyl (C=O) groups excluding carboxylic acids is 1. The molecule has 0 aliphatic carbocycles. The molecule has 2 nitrogen and oxygen atoms in total. The van der Waals surface area contributed by atoms with Crippen molar-refractivity contribution in [3.05, 3.63) is 0 Å². The summed E-state index contributed by atoms with van der Waals surface area (Å²) in [4.78, 5) is 12.2. The summed E-state index contributed by atoms with van der Waals surface area (Å²) < 4.78 is 25.3. The van der Waals surface area contributed by atoms with Crippen LogP contribution in [0.15, 0.2) is 0 Å². The summed E-state index contributed by atoms with van der Waals surface area (Å²) in [5.74, 6) is -4.02. The first-order valence-electron chi connectivity index (χ1n) is 3.69. The topological polar surface area (TPSA) is 20.3 Å². The second-order valence-electron chi connectivity index (χ2n) is 2.75. The molecule has 64 valence electrons. The average molecular weight is 163 g/mol. The number of hydrogen-bond acceptors (Lipinski definition) is 2. The van der Waals surface area contributed by atoms with Crippen LogP contribution in [0, 0.1) is 0 Å². The van der Waals surface area contributed by atoms with Crippen molar-refractivity contribution in [1.82, 2.24) is 4.90 Å². The monoisotopic (exact) mass is 163 g/mol. The van der Waals surface area contributed by atoms with Crippen molar-refractivity contribution in [2.75, 3.05) is 19.6 Å². The lowest BCUT2D eigenvalue weighted by molar-refractivity contribution is -0.151. The lowest BCUT2D eigenvalue weighted by Gasteiger charge is -2.30. The van der Waals surface area contributed by atoms with Crippen molar-refractivity contribution in [2.45, 2.75) is 19.3 Å².